The number of sulfonamides is 1. The normalized spacial score (nSPS) is 24.5. The van der Waals surface area contributed by atoms with E-state index in [-0.39, 0.29) is 41.8 Å². The Morgan fingerprint density at radius 3 is 2.27 bits per heavy atom. The molecule has 0 aromatic heterocycles. The highest BCUT2D eigenvalue weighted by atomic mass is 32.2. The van der Waals surface area contributed by atoms with Crippen molar-refractivity contribution < 1.29 is 36.3 Å². The van der Waals surface area contributed by atoms with E-state index in [0.717, 1.165) is 29.2 Å². The summed E-state index contributed by atoms with van der Waals surface area (Å²) in [5.74, 6) is -0.830. The van der Waals surface area contributed by atoms with Gasteiger partial charge in [-0.05, 0) is 54.9 Å². The summed E-state index contributed by atoms with van der Waals surface area (Å²) < 4.78 is 65.6. The molecule has 0 bridgehead atoms. The summed E-state index contributed by atoms with van der Waals surface area (Å²) in [7, 11) is -2.65. The molecule has 1 saturated carbocycles. The van der Waals surface area contributed by atoms with E-state index in [0.29, 0.717) is 12.8 Å². The molecule has 33 heavy (non-hydrogen) atoms. The summed E-state index contributed by atoms with van der Waals surface area (Å²) in [4.78, 5) is 24.9. The molecule has 2 N–H and O–H groups in total. The van der Waals surface area contributed by atoms with Crippen molar-refractivity contribution >= 4 is 22.0 Å². The fourth-order valence-corrected chi connectivity index (χ4v) is 6.41. The second-order valence-corrected chi connectivity index (χ2v) is 11.0. The van der Waals surface area contributed by atoms with Gasteiger partial charge in [0.15, 0.2) is 0 Å². The predicted octanol–water partition coefficient (Wildman–Crippen LogP) is 2.86. The van der Waals surface area contributed by atoms with Gasteiger partial charge in [0.2, 0.25) is 15.9 Å². The van der Waals surface area contributed by atoms with E-state index >= 15 is 0 Å². The minimum Gasteiger partial charge on any atom is -0.465 e. The highest BCUT2D eigenvalue weighted by Crippen LogP contribution is 2.40. The average molecular weight is 492 g/mol. The summed E-state index contributed by atoms with van der Waals surface area (Å²) >= 11 is 0. The fourth-order valence-electron chi connectivity index (χ4n) is 4.88. The number of carbonyl (C=O) groups excluding carboxylic acids is 1. The SMILES string of the molecule is CC(C)[C@@H](C(=O)N[C@H]1CC[C@@H]2CN(S(=O)(=O)c3ccc(C(F)(F)F)cc3)C[C@@H]21)N(C)C(=O)O. The van der Waals surface area contributed by atoms with Crippen molar-refractivity contribution in [2.75, 3.05) is 20.1 Å². The summed E-state index contributed by atoms with van der Waals surface area (Å²) in [6, 6.07) is 2.23. The second-order valence-electron chi connectivity index (χ2n) is 9.04. The van der Waals surface area contributed by atoms with Gasteiger partial charge in [-0.3, -0.25) is 9.69 Å². The maximum absolute atomic E-state index is 13.0. The van der Waals surface area contributed by atoms with Crippen LogP contribution in [0.25, 0.3) is 0 Å². The lowest BCUT2D eigenvalue weighted by Crippen LogP contribution is -2.53. The topological polar surface area (TPSA) is 107 Å². The summed E-state index contributed by atoms with van der Waals surface area (Å²) in [6.07, 6.45) is -4.43. The largest absolute Gasteiger partial charge is 0.465 e. The standard InChI is InChI=1S/C21H28F3N3O5S/c1-12(2)18(26(3)20(29)30)19(28)25-17-9-4-13-10-27(11-16(13)17)33(31,32)15-7-5-14(6-8-15)21(22,23)24/h5-8,12-13,16-18H,4,9-11H2,1-3H3,(H,25,28)(H,29,30)/t13-,16+,17+,18+/m1/s1. The lowest BCUT2D eigenvalue weighted by atomic mass is 9.96. The molecule has 184 valence electrons. The molecule has 2 aliphatic rings. The molecule has 8 nitrogen and oxygen atoms in total. The number of carbonyl (C=O) groups is 2. The third kappa shape index (κ3) is 5.11. The first-order chi connectivity index (χ1) is 15.2. The summed E-state index contributed by atoms with van der Waals surface area (Å²) in [6.45, 7) is 3.85. The van der Waals surface area contributed by atoms with Crippen LogP contribution in [0.3, 0.4) is 0 Å². The Balaban J connectivity index is 1.71. The highest BCUT2D eigenvalue weighted by molar-refractivity contribution is 7.89. The molecular weight excluding hydrogens is 463 g/mol. The van der Waals surface area contributed by atoms with Crippen LogP contribution in [0.1, 0.15) is 32.3 Å². The number of hydrogen-bond donors (Lipinski definition) is 2. The first kappa shape index (κ1) is 25.3. The maximum Gasteiger partial charge on any atom is 0.416 e. The average Bonchev–Trinajstić information content (AvgIpc) is 3.29. The third-order valence-corrected chi connectivity index (χ3v) is 8.44. The van der Waals surface area contributed by atoms with Crippen LogP contribution in [-0.4, -0.2) is 67.0 Å². The van der Waals surface area contributed by atoms with Gasteiger partial charge in [-0.2, -0.15) is 17.5 Å². The quantitative estimate of drug-likeness (QED) is 0.637. The Morgan fingerprint density at radius 2 is 1.76 bits per heavy atom. The third-order valence-electron chi connectivity index (χ3n) is 6.59. The molecule has 4 atom stereocenters. The molecule has 0 radical (unpaired) electrons. The fraction of sp³-hybridized carbons (Fsp3) is 0.619. The highest BCUT2D eigenvalue weighted by Gasteiger charge is 2.47. The number of fused-ring (bicyclic) bond motifs is 1. The predicted molar refractivity (Wildman–Crippen MR) is 113 cm³/mol. The Labute approximate surface area is 190 Å². The molecule has 3 rings (SSSR count). The van der Waals surface area contributed by atoms with Gasteiger partial charge in [-0.1, -0.05) is 13.8 Å². The van der Waals surface area contributed by atoms with Crippen molar-refractivity contribution in [3.05, 3.63) is 29.8 Å². The van der Waals surface area contributed by atoms with Gasteiger partial charge in [0.25, 0.3) is 0 Å². The summed E-state index contributed by atoms with van der Waals surface area (Å²) in [5, 5.41) is 12.2. The van der Waals surface area contributed by atoms with E-state index in [2.05, 4.69) is 5.32 Å². The number of rotatable bonds is 6. The van der Waals surface area contributed by atoms with Crippen LogP contribution in [0.4, 0.5) is 18.0 Å². The second kappa shape index (κ2) is 9.13. The number of likely N-dealkylation sites (N-methyl/N-ethyl adjacent to an activating group) is 1. The van der Waals surface area contributed by atoms with Crippen LogP contribution in [0.5, 0.6) is 0 Å². The Bertz CT molecular complexity index is 997. The first-order valence-electron chi connectivity index (χ1n) is 10.7. The number of benzene rings is 1. The van der Waals surface area contributed by atoms with Crippen LogP contribution in [-0.2, 0) is 21.0 Å². The van der Waals surface area contributed by atoms with E-state index in [1.165, 1.54) is 11.4 Å². The van der Waals surface area contributed by atoms with Crippen molar-refractivity contribution in [1.82, 2.24) is 14.5 Å². The molecule has 1 aliphatic carbocycles. The molecule has 1 aliphatic heterocycles. The van der Waals surface area contributed by atoms with Crippen LogP contribution in [0.2, 0.25) is 0 Å². The summed E-state index contributed by atoms with van der Waals surface area (Å²) in [5.41, 5.74) is -0.923. The molecule has 2 amide bonds. The molecular formula is C21H28F3N3O5S. The number of carboxylic acid groups (broad SMARTS) is 1. The van der Waals surface area contributed by atoms with Crippen LogP contribution >= 0.6 is 0 Å². The lowest BCUT2D eigenvalue weighted by Gasteiger charge is -2.30. The molecule has 1 aromatic carbocycles. The molecule has 1 aromatic rings. The van der Waals surface area contributed by atoms with Crippen LogP contribution < -0.4 is 5.32 Å². The van der Waals surface area contributed by atoms with E-state index in [1.54, 1.807) is 13.8 Å². The minimum atomic E-state index is -4.55. The zero-order valence-corrected chi connectivity index (χ0v) is 19.4. The molecule has 2 fully saturated rings. The Hall–Kier alpha value is -2.34. The number of nitrogens with zero attached hydrogens (tertiary/aromatic N) is 2. The van der Waals surface area contributed by atoms with E-state index < -0.39 is 39.8 Å². The van der Waals surface area contributed by atoms with Gasteiger partial charge in [0, 0.05) is 26.2 Å². The minimum absolute atomic E-state index is 0.00854. The van der Waals surface area contributed by atoms with Gasteiger partial charge < -0.3 is 10.4 Å². The molecule has 12 heteroatoms. The van der Waals surface area contributed by atoms with Crippen LogP contribution in [0, 0.1) is 17.8 Å². The zero-order valence-electron chi connectivity index (χ0n) is 18.5. The first-order valence-corrected chi connectivity index (χ1v) is 12.1. The van der Waals surface area contributed by atoms with Crippen molar-refractivity contribution in [3.63, 3.8) is 0 Å². The van der Waals surface area contributed by atoms with Gasteiger partial charge in [-0.15, -0.1) is 0 Å². The van der Waals surface area contributed by atoms with Crippen molar-refractivity contribution in [2.45, 2.75) is 49.8 Å². The van der Waals surface area contributed by atoms with Crippen molar-refractivity contribution in [2.24, 2.45) is 17.8 Å². The molecule has 1 saturated heterocycles. The van der Waals surface area contributed by atoms with Crippen molar-refractivity contribution in [3.8, 4) is 0 Å². The maximum atomic E-state index is 13.0. The van der Waals surface area contributed by atoms with Crippen LogP contribution in [0.15, 0.2) is 29.2 Å². The molecule has 0 unspecified atom stereocenters. The van der Waals surface area contributed by atoms with Crippen molar-refractivity contribution in [1.29, 1.82) is 0 Å². The molecule has 1 heterocycles. The monoisotopic (exact) mass is 491 g/mol. The van der Waals surface area contributed by atoms with E-state index in [4.69, 9.17) is 0 Å². The van der Waals surface area contributed by atoms with E-state index in [1.807, 2.05) is 0 Å². The molecule has 0 spiro atoms. The number of halogens is 3. The van der Waals surface area contributed by atoms with Gasteiger partial charge >= 0.3 is 12.3 Å². The smallest absolute Gasteiger partial charge is 0.416 e. The lowest BCUT2D eigenvalue weighted by molar-refractivity contribution is -0.137. The van der Waals surface area contributed by atoms with E-state index in [9.17, 15) is 36.3 Å². The van der Waals surface area contributed by atoms with Gasteiger partial charge in [0.05, 0.1) is 10.5 Å². The number of hydrogen-bond acceptors (Lipinski definition) is 4. The Kier molecular flexibility index (Phi) is 6.99. The van der Waals surface area contributed by atoms with Gasteiger partial charge in [-0.25, -0.2) is 13.2 Å². The number of nitrogens with one attached hydrogen (secondary N) is 1. The number of amides is 2. The number of alkyl halides is 3. The Morgan fingerprint density at radius 1 is 1.15 bits per heavy atom. The zero-order chi connectivity index (χ0) is 24.7. The van der Waals surface area contributed by atoms with Gasteiger partial charge in [0.1, 0.15) is 6.04 Å².